The number of benzene rings is 1. The molecule has 0 unspecified atom stereocenters. The predicted molar refractivity (Wildman–Crippen MR) is 75.7 cm³/mol. The molecule has 3 nitrogen and oxygen atoms in total. The van der Waals surface area contributed by atoms with Gasteiger partial charge in [-0.25, -0.2) is 0 Å². The molecule has 0 aliphatic heterocycles. The van der Waals surface area contributed by atoms with E-state index in [4.69, 9.17) is 4.52 Å². The maximum atomic E-state index is 5.23. The molecule has 1 heterocycles. The number of rotatable bonds is 1. The van der Waals surface area contributed by atoms with Crippen LogP contribution in [0.25, 0.3) is 11.0 Å². The van der Waals surface area contributed by atoms with Gasteiger partial charge in [-0.1, -0.05) is 32.9 Å². The lowest BCUT2D eigenvalue weighted by Crippen LogP contribution is -1.90. The van der Waals surface area contributed by atoms with Gasteiger partial charge in [0.05, 0.1) is 5.69 Å². The van der Waals surface area contributed by atoms with Crippen LogP contribution in [-0.2, 0) is 0 Å². The largest absolute Gasteiger partial charge is 0.388 e. The molecule has 1 aromatic heterocycles. The molecule has 1 aromatic carbocycles. The number of aromatic nitrogens is 1. The van der Waals surface area contributed by atoms with E-state index in [1.54, 1.807) is 0 Å². The topological polar surface area (TPSA) is 38.1 Å². The van der Waals surface area contributed by atoms with Gasteiger partial charge < -0.3 is 9.84 Å². The quantitative estimate of drug-likeness (QED) is 0.790. The molecule has 2 aromatic rings. The van der Waals surface area contributed by atoms with Crippen LogP contribution in [0.3, 0.4) is 0 Å². The molecule has 3 heteroatoms. The zero-order valence-corrected chi connectivity index (χ0v) is 12.0. The van der Waals surface area contributed by atoms with Crippen LogP contribution in [0.1, 0.15) is 39.0 Å². The van der Waals surface area contributed by atoms with Gasteiger partial charge in [0.1, 0.15) is 0 Å². The van der Waals surface area contributed by atoms with Gasteiger partial charge in [0.25, 0.3) is 0 Å². The van der Waals surface area contributed by atoms with E-state index < -0.39 is 0 Å². The van der Waals surface area contributed by atoms with Gasteiger partial charge in [-0.3, -0.25) is 0 Å². The molecular formula is C14H24N2O. The van der Waals surface area contributed by atoms with Crippen LogP contribution in [-0.4, -0.2) is 12.2 Å². The SMILES string of the molecule is CC.CC.CNc1ccc2c(C)noc2c1C. The first-order valence-corrected chi connectivity index (χ1v) is 6.27. The van der Waals surface area contributed by atoms with Crippen molar-refractivity contribution in [1.82, 2.24) is 5.16 Å². The Bertz CT molecular complexity index is 447. The van der Waals surface area contributed by atoms with Crippen molar-refractivity contribution in [2.24, 2.45) is 0 Å². The summed E-state index contributed by atoms with van der Waals surface area (Å²) in [5.41, 5.74) is 4.02. The number of hydrogen-bond donors (Lipinski definition) is 1. The summed E-state index contributed by atoms with van der Waals surface area (Å²) in [6.45, 7) is 12.0. The lowest BCUT2D eigenvalue weighted by atomic mass is 10.1. The minimum absolute atomic E-state index is 0.879. The molecule has 0 fully saturated rings. The van der Waals surface area contributed by atoms with Crippen LogP contribution >= 0.6 is 0 Å². The summed E-state index contributed by atoms with van der Waals surface area (Å²) < 4.78 is 5.23. The first-order valence-electron chi connectivity index (χ1n) is 6.27. The zero-order valence-electron chi connectivity index (χ0n) is 12.0. The van der Waals surface area contributed by atoms with Gasteiger partial charge in [0.2, 0.25) is 0 Å². The molecule has 0 amide bonds. The summed E-state index contributed by atoms with van der Waals surface area (Å²) in [4.78, 5) is 0. The molecule has 0 bridgehead atoms. The zero-order chi connectivity index (χ0) is 13.4. The fourth-order valence-corrected chi connectivity index (χ4v) is 1.53. The fraction of sp³-hybridized carbons (Fsp3) is 0.500. The molecule has 17 heavy (non-hydrogen) atoms. The first kappa shape index (κ1) is 15.5. The highest BCUT2D eigenvalue weighted by Crippen LogP contribution is 2.26. The summed E-state index contributed by atoms with van der Waals surface area (Å²) >= 11 is 0. The third-order valence-electron chi connectivity index (χ3n) is 2.34. The van der Waals surface area contributed by atoms with Crippen molar-refractivity contribution in [2.45, 2.75) is 41.5 Å². The standard InChI is InChI=1S/C10H12N2O.2C2H6/c1-6-9(11-3)5-4-8-7(2)12-13-10(6)8;2*1-2/h4-5,11H,1-3H3;2*1-2H3. The fourth-order valence-electron chi connectivity index (χ4n) is 1.53. The summed E-state index contributed by atoms with van der Waals surface area (Å²) in [6.07, 6.45) is 0. The van der Waals surface area contributed by atoms with E-state index >= 15 is 0 Å². The lowest BCUT2D eigenvalue weighted by molar-refractivity contribution is 0.449. The summed E-state index contributed by atoms with van der Waals surface area (Å²) in [5, 5.41) is 8.13. The Morgan fingerprint density at radius 3 is 2.18 bits per heavy atom. The van der Waals surface area contributed by atoms with Crippen LogP contribution in [0.4, 0.5) is 5.69 Å². The van der Waals surface area contributed by atoms with Gasteiger partial charge in [-0.2, -0.15) is 0 Å². The second-order valence-electron chi connectivity index (χ2n) is 3.13. The molecule has 0 spiro atoms. The van der Waals surface area contributed by atoms with E-state index in [2.05, 4.69) is 10.5 Å². The average Bonchev–Trinajstić information content (AvgIpc) is 2.78. The van der Waals surface area contributed by atoms with E-state index in [1.165, 1.54) is 0 Å². The van der Waals surface area contributed by atoms with E-state index in [9.17, 15) is 0 Å². The maximum absolute atomic E-state index is 5.23. The Kier molecular flexibility index (Phi) is 7.03. The van der Waals surface area contributed by atoms with E-state index in [0.29, 0.717) is 0 Å². The van der Waals surface area contributed by atoms with Crippen LogP contribution in [0.2, 0.25) is 0 Å². The molecule has 0 aliphatic carbocycles. The van der Waals surface area contributed by atoms with Crippen molar-refractivity contribution < 1.29 is 4.52 Å². The predicted octanol–water partition coefficient (Wildman–Crippen LogP) is 4.54. The Balaban J connectivity index is 0.000000581. The summed E-state index contributed by atoms with van der Waals surface area (Å²) in [5.74, 6) is 0. The molecule has 2 rings (SSSR count). The molecule has 0 radical (unpaired) electrons. The van der Waals surface area contributed by atoms with Crippen LogP contribution in [0.15, 0.2) is 16.7 Å². The molecule has 0 saturated carbocycles. The molecule has 96 valence electrons. The Hall–Kier alpha value is -1.51. The highest BCUT2D eigenvalue weighted by Gasteiger charge is 2.08. The van der Waals surface area contributed by atoms with Crippen LogP contribution in [0, 0.1) is 13.8 Å². The van der Waals surface area contributed by atoms with Gasteiger partial charge in [-0.15, -0.1) is 0 Å². The van der Waals surface area contributed by atoms with Crippen LogP contribution < -0.4 is 5.32 Å². The van der Waals surface area contributed by atoms with E-state index in [1.807, 2.05) is 60.7 Å². The van der Waals surface area contributed by atoms with Crippen LogP contribution in [0.5, 0.6) is 0 Å². The summed E-state index contributed by atoms with van der Waals surface area (Å²) in [6, 6.07) is 4.07. The maximum Gasteiger partial charge on any atom is 0.172 e. The Morgan fingerprint density at radius 1 is 1.06 bits per heavy atom. The molecular weight excluding hydrogens is 212 g/mol. The summed E-state index contributed by atoms with van der Waals surface area (Å²) in [7, 11) is 1.90. The highest BCUT2D eigenvalue weighted by molar-refractivity contribution is 5.86. The van der Waals surface area contributed by atoms with Crippen molar-refractivity contribution in [3.8, 4) is 0 Å². The van der Waals surface area contributed by atoms with Gasteiger partial charge in [0.15, 0.2) is 5.58 Å². The van der Waals surface area contributed by atoms with Crippen molar-refractivity contribution in [3.63, 3.8) is 0 Å². The molecule has 0 aliphatic rings. The highest BCUT2D eigenvalue weighted by atomic mass is 16.5. The van der Waals surface area contributed by atoms with Crippen molar-refractivity contribution in [1.29, 1.82) is 0 Å². The van der Waals surface area contributed by atoms with Crippen molar-refractivity contribution in [3.05, 3.63) is 23.4 Å². The Morgan fingerprint density at radius 2 is 1.65 bits per heavy atom. The minimum atomic E-state index is 0.879. The number of anilines is 1. The van der Waals surface area contributed by atoms with Gasteiger partial charge >= 0.3 is 0 Å². The molecule has 0 saturated heterocycles. The second kappa shape index (κ2) is 7.71. The smallest absolute Gasteiger partial charge is 0.172 e. The molecule has 1 N–H and O–H groups in total. The second-order valence-corrected chi connectivity index (χ2v) is 3.13. The van der Waals surface area contributed by atoms with Gasteiger partial charge in [-0.05, 0) is 26.0 Å². The normalized spacial score (nSPS) is 8.88. The number of fused-ring (bicyclic) bond motifs is 1. The number of nitrogens with zero attached hydrogens (tertiary/aromatic N) is 1. The lowest BCUT2D eigenvalue weighted by Gasteiger charge is -2.03. The first-order chi connectivity index (χ1) is 8.24. The van der Waals surface area contributed by atoms with Crippen molar-refractivity contribution in [2.75, 3.05) is 12.4 Å². The minimum Gasteiger partial charge on any atom is -0.388 e. The van der Waals surface area contributed by atoms with Crippen molar-refractivity contribution >= 4 is 16.7 Å². The number of aryl methyl sites for hydroxylation is 2. The van der Waals surface area contributed by atoms with E-state index in [-0.39, 0.29) is 0 Å². The Labute approximate surface area is 104 Å². The third-order valence-corrected chi connectivity index (χ3v) is 2.34. The number of nitrogens with one attached hydrogen (secondary N) is 1. The third kappa shape index (κ3) is 3.22. The monoisotopic (exact) mass is 236 g/mol. The molecule has 0 atom stereocenters. The average molecular weight is 236 g/mol. The van der Waals surface area contributed by atoms with E-state index in [0.717, 1.165) is 27.9 Å². The van der Waals surface area contributed by atoms with Gasteiger partial charge in [0, 0.05) is 23.7 Å². The number of hydrogen-bond acceptors (Lipinski definition) is 3.